The first-order chi connectivity index (χ1) is 13.9. The van der Waals surface area contributed by atoms with E-state index in [-0.39, 0.29) is 0 Å². The van der Waals surface area contributed by atoms with Crippen molar-refractivity contribution in [3.63, 3.8) is 0 Å². The topological polar surface area (TPSA) is 12.5 Å². The molecular formula is C24H45NOS2. The molecule has 2 atom stereocenters. The van der Waals surface area contributed by atoms with Crippen molar-refractivity contribution in [1.82, 2.24) is 4.90 Å². The highest BCUT2D eigenvalue weighted by molar-refractivity contribution is 8.02. The SMILES string of the molecule is CCCCCCCCCCCCCCCCCC1OC(CN2C=CSC2)CS1. The van der Waals surface area contributed by atoms with Gasteiger partial charge in [0, 0.05) is 18.5 Å². The normalized spacial score (nSPS) is 21.8. The third kappa shape index (κ3) is 12.0. The van der Waals surface area contributed by atoms with Gasteiger partial charge in [-0.25, -0.2) is 0 Å². The third-order valence-electron chi connectivity index (χ3n) is 5.90. The van der Waals surface area contributed by atoms with Crippen LogP contribution in [0.1, 0.15) is 110 Å². The second-order valence-corrected chi connectivity index (χ2v) is 10.7. The second-order valence-electron chi connectivity index (χ2n) is 8.61. The summed E-state index contributed by atoms with van der Waals surface area (Å²) < 4.78 is 6.22. The van der Waals surface area contributed by atoms with Gasteiger partial charge >= 0.3 is 0 Å². The maximum Gasteiger partial charge on any atom is 0.103 e. The summed E-state index contributed by atoms with van der Waals surface area (Å²) >= 11 is 3.92. The Morgan fingerprint density at radius 1 is 0.821 bits per heavy atom. The molecular weight excluding hydrogens is 382 g/mol. The molecule has 0 aromatic heterocycles. The fourth-order valence-electron chi connectivity index (χ4n) is 4.12. The lowest BCUT2D eigenvalue weighted by Gasteiger charge is -2.19. The van der Waals surface area contributed by atoms with Gasteiger partial charge in [0.1, 0.15) is 5.44 Å². The van der Waals surface area contributed by atoms with E-state index in [0.29, 0.717) is 11.5 Å². The summed E-state index contributed by atoms with van der Waals surface area (Å²) in [6, 6.07) is 0. The largest absolute Gasteiger partial charge is 0.365 e. The van der Waals surface area contributed by atoms with Crippen LogP contribution in [0.3, 0.4) is 0 Å². The lowest BCUT2D eigenvalue weighted by Crippen LogP contribution is -2.28. The summed E-state index contributed by atoms with van der Waals surface area (Å²) in [4.78, 5) is 2.38. The average molecular weight is 428 g/mol. The van der Waals surface area contributed by atoms with E-state index in [9.17, 15) is 0 Å². The Kier molecular flexibility index (Phi) is 14.8. The maximum absolute atomic E-state index is 6.22. The van der Waals surface area contributed by atoms with Crippen LogP contribution in [0.2, 0.25) is 0 Å². The molecule has 2 unspecified atom stereocenters. The third-order valence-corrected chi connectivity index (χ3v) is 7.98. The number of hydrogen-bond acceptors (Lipinski definition) is 4. The van der Waals surface area contributed by atoms with Gasteiger partial charge in [0.15, 0.2) is 0 Å². The van der Waals surface area contributed by atoms with E-state index in [1.807, 2.05) is 23.5 Å². The monoisotopic (exact) mass is 427 g/mol. The summed E-state index contributed by atoms with van der Waals surface area (Å²) in [6.07, 6.45) is 25.5. The fourth-order valence-corrected chi connectivity index (χ4v) is 6.03. The zero-order valence-electron chi connectivity index (χ0n) is 18.4. The first kappa shape index (κ1) is 24.5. The Balaban J connectivity index is 1.27. The molecule has 164 valence electrons. The number of thioether (sulfide) groups is 2. The van der Waals surface area contributed by atoms with Crippen LogP contribution in [0.5, 0.6) is 0 Å². The Morgan fingerprint density at radius 2 is 1.39 bits per heavy atom. The molecule has 0 aromatic rings. The molecule has 0 aliphatic carbocycles. The molecule has 0 saturated carbocycles. The van der Waals surface area contributed by atoms with Gasteiger partial charge in [-0.15, -0.1) is 23.5 Å². The summed E-state index contributed by atoms with van der Waals surface area (Å²) in [5, 5.41) is 2.19. The van der Waals surface area contributed by atoms with Crippen molar-refractivity contribution < 1.29 is 4.74 Å². The number of nitrogens with zero attached hydrogens (tertiary/aromatic N) is 1. The highest BCUT2D eigenvalue weighted by atomic mass is 32.2. The van der Waals surface area contributed by atoms with Crippen molar-refractivity contribution in [3.8, 4) is 0 Å². The quantitative estimate of drug-likeness (QED) is 0.204. The molecule has 0 aromatic carbocycles. The van der Waals surface area contributed by atoms with Crippen LogP contribution in [-0.2, 0) is 4.74 Å². The predicted octanol–water partition coefficient (Wildman–Crippen LogP) is 8.18. The van der Waals surface area contributed by atoms with Crippen molar-refractivity contribution in [2.45, 2.75) is 121 Å². The first-order valence-electron chi connectivity index (χ1n) is 12.2. The minimum absolute atomic E-state index is 0.440. The standard InChI is InChI=1S/C24H45NOS2/c1-2-3-4-5-6-7-8-9-10-11-12-13-14-15-16-17-24-26-23(21-28-24)20-25-18-19-27-22-25/h18-19,23-24H,2-17,20-22H2,1H3. The molecule has 2 nitrogen and oxygen atoms in total. The molecule has 2 heterocycles. The Labute approximate surface area is 184 Å². The molecule has 2 rings (SSSR count). The smallest absolute Gasteiger partial charge is 0.103 e. The van der Waals surface area contributed by atoms with Crippen LogP contribution < -0.4 is 0 Å². The predicted molar refractivity (Wildman–Crippen MR) is 129 cm³/mol. The number of ether oxygens (including phenoxy) is 1. The molecule has 1 fully saturated rings. The maximum atomic E-state index is 6.22. The molecule has 4 heteroatoms. The van der Waals surface area contributed by atoms with Crippen LogP contribution in [0.4, 0.5) is 0 Å². The van der Waals surface area contributed by atoms with E-state index in [1.54, 1.807) is 0 Å². The highest BCUT2D eigenvalue weighted by Crippen LogP contribution is 2.30. The van der Waals surface area contributed by atoms with Crippen molar-refractivity contribution >= 4 is 23.5 Å². The number of hydrogen-bond donors (Lipinski definition) is 0. The van der Waals surface area contributed by atoms with Crippen molar-refractivity contribution in [2.24, 2.45) is 0 Å². The van der Waals surface area contributed by atoms with Crippen molar-refractivity contribution in [3.05, 3.63) is 11.6 Å². The van der Waals surface area contributed by atoms with E-state index in [0.717, 1.165) is 12.4 Å². The van der Waals surface area contributed by atoms with Crippen LogP contribution in [0, 0.1) is 0 Å². The molecule has 2 aliphatic rings. The van der Waals surface area contributed by atoms with E-state index in [2.05, 4.69) is 23.4 Å². The van der Waals surface area contributed by atoms with Gasteiger partial charge in [-0.2, -0.15) is 0 Å². The van der Waals surface area contributed by atoms with Crippen molar-refractivity contribution in [2.75, 3.05) is 18.2 Å². The van der Waals surface area contributed by atoms with Crippen molar-refractivity contribution in [1.29, 1.82) is 0 Å². The zero-order valence-corrected chi connectivity index (χ0v) is 20.0. The molecule has 0 spiro atoms. The van der Waals surface area contributed by atoms with Gasteiger partial charge in [0.25, 0.3) is 0 Å². The summed E-state index contributed by atoms with van der Waals surface area (Å²) in [7, 11) is 0. The van der Waals surface area contributed by atoms with Crippen LogP contribution in [0.15, 0.2) is 11.6 Å². The van der Waals surface area contributed by atoms with E-state index < -0.39 is 0 Å². The highest BCUT2D eigenvalue weighted by Gasteiger charge is 2.26. The summed E-state index contributed by atoms with van der Waals surface area (Å²) in [5.74, 6) is 2.28. The van der Waals surface area contributed by atoms with E-state index >= 15 is 0 Å². The minimum Gasteiger partial charge on any atom is -0.365 e. The van der Waals surface area contributed by atoms with Gasteiger partial charge in [0.2, 0.25) is 0 Å². The molecule has 0 N–H and O–H groups in total. The lowest BCUT2D eigenvalue weighted by molar-refractivity contribution is 0.0475. The Bertz CT molecular complexity index is 391. The van der Waals surface area contributed by atoms with Gasteiger partial charge in [-0.3, -0.25) is 0 Å². The Morgan fingerprint density at radius 3 is 1.93 bits per heavy atom. The molecule has 0 bridgehead atoms. The molecule has 0 radical (unpaired) electrons. The van der Waals surface area contributed by atoms with Crippen LogP contribution >= 0.6 is 23.5 Å². The van der Waals surface area contributed by atoms with Crippen LogP contribution in [-0.4, -0.2) is 34.6 Å². The average Bonchev–Trinajstić information content (AvgIpc) is 3.37. The number of unbranched alkanes of at least 4 members (excludes halogenated alkanes) is 14. The second kappa shape index (κ2) is 16.9. The van der Waals surface area contributed by atoms with Gasteiger partial charge < -0.3 is 9.64 Å². The summed E-state index contributed by atoms with van der Waals surface area (Å²) in [6.45, 7) is 3.37. The molecule has 2 aliphatic heterocycles. The van der Waals surface area contributed by atoms with Crippen LogP contribution in [0.25, 0.3) is 0 Å². The summed E-state index contributed by atoms with van der Waals surface area (Å²) in [5.41, 5.74) is 0.464. The van der Waals surface area contributed by atoms with Gasteiger partial charge in [-0.05, 0) is 18.2 Å². The fraction of sp³-hybridized carbons (Fsp3) is 0.917. The zero-order chi connectivity index (χ0) is 19.7. The molecule has 1 saturated heterocycles. The van der Waals surface area contributed by atoms with Gasteiger partial charge in [0.05, 0.1) is 12.0 Å². The minimum atomic E-state index is 0.440. The van der Waals surface area contributed by atoms with E-state index in [4.69, 9.17) is 4.74 Å². The lowest BCUT2D eigenvalue weighted by atomic mass is 10.0. The molecule has 28 heavy (non-hydrogen) atoms. The van der Waals surface area contributed by atoms with E-state index in [1.165, 1.54) is 108 Å². The first-order valence-corrected chi connectivity index (χ1v) is 14.3. The molecule has 0 amide bonds. The van der Waals surface area contributed by atoms with Gasteiger partial charge in [-0.1, -0.05) is 96.8 Å². The number of rotatable bonds is 18. The Hall–Kier alpha value is 0.200.